The van der Waals surface area contributed by atoms with Crippen molar-refractivity contribution in [2.75, 3.05) is 19.0 Å². The number of benzene rings is 1. The van der Waals surface area contributed by atoms with Gasteiger partial charge in [-0.25, -0.2) is 4.79 Å². The highest BCUT2D eigenvalue weighted by molar-refractivity contribution is 9.10. The maximum atomic E-state index is 11.5. The molecule has 0 amide bonds. The zero-order chi connectivity index (χ0) is 12.7. The van der Waals surface area contributed by atoms with Crippen LogP contribution < -0.4 is 5.32 Å². The highest BCUT2D eigenvalue weighted by Crippen LogP contribution is 2.22. The third-order valence-corrected chi connectivity index (χ3v) is 2.71. The molecular formula is C10H11BrN4O2. The third-order valence-electron chi connectivity index (χ3n) is 2.02. The van der Waals surface area contributed by atoms with Crippen LogP contribution in [0.5, 0.6) is 0 Å². The second-order valence-electron chi connectivity index (χ2n) is 3.11. The molecule has 1 aromatic rings. The number of rotatable bonds is 5. The van der Waals surface area contributed by atoms with Crippen molar-refractivity contribution in [1.82, 2.24) is 0 Å². The first-order valence-electron chi connectivity index (χ1n) is 4.78. The molecule has 6 nitrogen and oxygen atoms in total. The number of esters is 1. The molecule has 0 spiro atoms. The normalized spacial score (nSPS) is 11.2. The van der Waals surface area contributed by atoms with Gasteiger partial charge >= 0.3 is 5.97 Å². The molecule has 0 aliphatic carbocycles. The van der Waals surface area contributed by atoms with Gasteiger partial charge in [0.25, 0.3) is 0 Å². The molecule has 1 atom stereocenters. The second kappa shape index (κ2) is 6.78. The molecular weight excluding hydrogens is 288 g/mol. The molecule has 0 aliphatic heterocycles. The Morgan fingerprint density at radius 1 is 1.65 bits per heavy atom. The molecule has 1 unspecified atom stereocenters. The smallest absolute Gasteiger partial charge is 0.328 e. The van der Waals surface area contributed by atoms with E-state index in [9.17, 15) is 4.79 Å². The molecule has 0 fully saturated rings. The zero-order valence-corrected chi connectivity index (χ0v) is 10.7. The highest BCUT2D eigenvalue weighted by atomic mass is 79.9. The van der Waals surface area contributed by atoms with E-state index in [2.05, 4.69) is 36.0 Å². The topological polar surface area (TPSA) is 87.1 Å². The zero-order valence-electron chi connectivity index (χ0n) is 9.13. The van der Waals surface area contributed by atoms with Crippen LogP contribution in [0, 0.1) is 0 Å². The Labute approximate surface area is 107 Å². The lowest BCUT2D eigenvalue weighted by Crippen LogP contribution is -2.33. The summed E-state index contributed by atoms with van der Waals surface area (Å²) in [5.41, 5.74) is 8.99. The van der Waals surface area contributed by atoms with Gasteiger partial charge in [-0.15, -0.1) is 0 Å². The van der Waals surface area contributed by atoms with Gasteiger partial charge in [0.2, 0.25) is 0 Å². The monoisotopic (exact) mass is 298 g/mol. The molecule has 1 aromatic carbocycles. The first-order valence-corrected chi connectivity index (χ1v) is 5.58. The summed E-state index contributed by atoms with van der Waals surface area (Å²) in [4.78, 5) is 14.1. The quantitative estimate of drug-likeness (QED) is 0.392. The summed E-state index contributed by atoms with van der Waals surface area (Å²) < 4.78 is 5.44. The second-order valence-corrected chi connectivity index (χ2v) is 3.97. The Hall–Kier alpha value is -1.72. The standard InChI is InChI=1S/C10H11BrN4O2/c1-17-10(16)9(6-13-15-12)14-8-5-3-2-4-7(8)11/h2-5,9,14H,6H2,1H3. The maximum absolute atomic E-state index is 11.5. The number of anilines is 1. The van der Waals surface area contributed by atoms with E-state index in [1.165, 1.54) is 7.11 Å². The fourth-order valence-corrected chi connectivity index (χ4v) is 1.60. The van der Waals surface area contributed by atoms with E-state index in [1.54, 1.807) is 6.07 Å². The lowest BCUT2D eigenvalue weighted by atomic mass is 10.2. The van der Waals surface area contributed by atoms with Crippen molar-refractivity contribution in [1.29, 1.82) is 0 Å². The van der Waals surface area contributed by atoms with E-state index in [-0.39, 0.29) is 6.54 Å². The number of nitrogens with zero attached hydrogens (tertiary/aromatic N) is 3. The average molecular weight is 299 g/mol. The Morgan fingerprint density at radius 2 is 2.35 bits per heavy atom. The van der Waals surface area contributed by atoms with Gasteiger partial charge in [-0.3, -0.25) is 0 Å². The SMILES string of the molecule is COC(=O)C(CN=[N+]=[N-])Nc1ccccc1Br. The molecule has 0 heterocycles. The van der Waals surface area contributed by atoms with Crippen molar-refractivity contribution in [2.45, 2.75) is 6.04 Å². The van der Waals surface area contributed by atoms with E-state index < -0.39 is 12.0 Å². The van der Waals surface area contributed by atoms with E-state index in [0.29, 0.717) is 0 Å². The maximum Gasteiger partial charge on any atom is 0.328 e. The van der Waals surface area contributed by atoms with Gasteiger partial charge in [-0.2, -0.15) is 0 Å². The van der Waals surface area contributed by atoms with E-state index in [0.717, 1.165) is 10.2 Å². The van der Waals surface area contributed by atoms with Crippen LogP contribution in [-0.4, -0.2) is 25.7 Å². The summed E-state index contributed by atoms with van der Waals surface area (Å²) in [6, 6.07) is 6.63. The van der Waals surface area contributed by atoms with Crippen LogP contribution in [-0.2, 0) is 9.53 Å². The van der Waals surface area contributed by atoms with Crippen LogP contribution in [0.15, 0.2) is 33.9 Å². The van der Waals surface area contributed by atoms with Crippen molar-refractivity contribution >= 4 is 27.6 Å². The number of para-hydroxylation sites is 1. The predicted octanol–water partition coefficient (Wildman–Crippen LogP) is 2.71. The largest absolute Gasteiger partial charge is 0.467 e. The Bertz CT molecular complexity index is 446. The summed E-state index contributed by atoms with van der Waals surface area (Å²) >= 11 is 3.35. The van der Waals surface area contributed by atoms with E-state index in [1.807, 2.05) is 18.2 Å². The van der Waals surface area contributed by atoms with Crippen LogP contribution in [0.3, 0.4) is 0 Å². The molecule has 0 aromatic heterocycles. The van der Waals surface area contributed by atoms with Gasteiger partial charge in [-0.05, 0) is 33.6 Å². The summed E-state index contributed by atoms with van der Waals surface area (Å²) in [5, 5.41) is 6.32. The van der Waals surface area contributed by atoms with Gasteiger partial charge in [-0.1, -0.05) is 17.2 Å². The Balaban J connectivity index is 2.82. The molecule has 90 valence electrons. The number of hydrogen-bond acceptors (Lipinski definition) is 4. The molecule has 1 N–H and O–H groups in total. The number of azide groups is 1. The minimum atomic E-state index is -0.699. The van der Waals surface area contributed by atoms with E-state index >= 15 is 0 Å². The van der Waals surface area contributed by atoms with Crippen molar-refractivity contribution < 1.29 is 9.53 Å². The molecule has 0 bridgehead atoms. The fourth-order valence-electron chi connectivity index (χ4n) is 1.21. The molecule has 7 heteroatoms. The molecule has 17 heavy (non-hydrogen) atoms. The van der Waals surface area contributed by atoms with Gasteiger partial charge in [0, 0.05) is 15.1 Å². The number of methoxy groups -OCH3 is 1. The molecule has 0 radical (unpaired) electrons. The first-order chi connectivity index (χ1) is 8.19. The lowest BCUT2D eigenvalue weighted by molar-refractivity contribution is -0.141. The minimum Gasteiger partial charge on any atom is -0.467 e. The lowest BCUT2D eigenvalue weighted by Gasteiger charge is -2.16. The number of carbonyl (C=O) groups is 1. The molecule has 0 aliphatic rings. The first kappa shape index (κ1) is 13.3. The number of carbonyl (C=O) groups excluding carboxylic acids is 1. The van der Waals surface area contributed by atoms with Gasteiger partial charge in [0.05, 0.1) is 13.7 Å². The van der Waals surface area contributed by atoms with Crippen LogP contribution in [0.2, 0.25) is 0 Å². The fraction of sp³-hybridized carbons (Fsp3) is 0.300. The van der Waals surface area contributed by atoms with Crippen molar-refractivity contribution in [3.63, 3.8) is 0 Å². The summed E-state index contributed by atoms with van der Waals surface area (Å²) in [7, 11) is 1.28. The van der Waals surface area contributed by atoms with Gasteiger partial charge in [0.15, 0.2) is 0 Å². The Kier molecular flexibility index (Phi) is 5.32. The van der Waals surface area contributed by atoms with Crippen LogP contribution >= 0.6 is 15.9 Å². The summed E-state index contributed by atoms with van der Waals surface area (Å²) in [6.07, 6.45) is 0. The van der Waals surface area contributed by atoms with Crippen molar-refractivity contribution in [3.8, 4) is 0 Å². The van der Waals surface area contributed by atoms with Crippen LogP contribution in [0.1, 0.15) is 0 Å². The summed E-state index contributed by atoms with van der Waals surface area (Å²) in [6.45, 7) is -0.00942. The number of ether oxygens (including phenoxy) is 1. The Morgan fingerprint density at radius 3 is 2.94 bits per heavy atom. The molecule has 0 saturated carbocycles. The van der Waals surface area contributed by atoms with Gasteiger partial charge < -0.3 is 10.1 Å². The number of nitrogens with one attached hydrogen (secondary N) is 1. The van der Waals surface area contributed by atoms with Gasteiger partial charge in [0.1, 0.15) is 6.04 Å². The van der Waals surface area contributed by atoms with Crippen molar-refractivity contribution in [2.24, 2.45) is 5.11 Å². The molecule has 0 saturated heterocycles. The number of hydrogen-bond donors (Lipinski definition) is 1. The van der Waals surface area contributed by atoms with Crippen molar-refractivity contribution in [3.05, 3.63) is 39.2 Å². The molecule has 1 rings (SSSR count). The predicted molar refractivity (Wildman–Crippen MR) is 67.6 cm³/mol. The minimum absolute atomic E-state index is 0.00942. The average Bonchev–Trinajstić information content (AvgIpc) is 2.35. The highest BCUT2D eigenvalue weighted by Gasteiger charge is 2.18. The summed E-state index contributed by atoms with van der Waals surface area (Å²) in [5.74, 6) is -0.479. The van der Waals surface area contributed by atoms with Crippen LogP contribution in [0.4, 0.5) is 5.69 Å². The number of halogens is 1. The van der Waals surface area contributed by atoms with E-state index in [4.69, 9.17) is 5.53 Å². The third kappa shape index (κ3) is 3.97. The van der Waals surface area contributed by atoms with Crippen LogP contribution in [0.25, 0.3) is 10.4 Å².